The third kappa shape index (κ3) is 8.97. The molecular formula is C14H29N3O2. The summed E-state index contributed by atoms with van der Waals surface area (Å²) in [6, 6.07) is 0.652. The van der Waals surface area contributed by atoms with Gasteiger partial charge in [0.25, 0.3) is 0 Å². The average Bonchev–Trinajstić information content (AvgIpc) is 2.68. The van der Waals surface area contributed by atoms with Gasteiger partial charge >= 0.3 is 0 Å². The Bertz CT molecular complexity index is 229. The van der Waals surface area contributed by atoms with Crippen LogP contribution in [-0.4, -0.2) is 51.8 Å². The maximum atomic E-state index is 11.5. The summed E-state index contributed by atoms with van der Waals surface area (Å²) in [6.07, 6.45) is 8.00. The number of ether oxygens (including phenoxy) is 1. The van der Waals surface area contributed by atoms with E-state index in [9.17, 15) is 4.79 Å². The van der Waals surface area contributed by atoms with Gasteiger partial charge in [-0.3, -0.25) is 4.79 Å². The van der Waals surface area contributed by atoms with Crippen molar-refractivity contribution in [2.75, 3.05) is 39.9 Å². The molecule has 1 saturated carbocycles. The minimum Gasteiger partial charge on any atom is -0.383 e. The van der Waals surface area contributed by atoms with Crippen LogP contribution in [0.3, 0.4) is 0 Å². The number of nitrogens with one attached hydrogen (secondary N) is 3. The molecule has 0 atom stereocenters. The van der Waals surface area contributed by atoms with E-state index in [1.807, 2.05) is 0 Å². The Morgan fingerprint density at radius 2 is 1.84 bits per heavy atom. The average molecular weight is 271 g/mol. The SMILES string of the molecule is COCCNCC(=O)NCCNC1CCCCCC1. The van der Waals surface area contributed by atoms with Gasteiger partial charge in [0.05, 0.1) is 13.2 Å². The number of rotatable bonds is 9. The molecule has 0 aromatic rings. The maximum absolute atomic E-state index is 11.5. The summed E-state index contributed by atoms with van der Waals surface area (Å²) in [5.74, 6) is 0.0544. The second-order valence-corrected chi connectivity index (χ2v) is 5.16. The van der Waals surface area contributed by atoms with Crippen molar-refractivity contribution in [3.63, 3.8) is 0 Å². The predicted molar refractivity (Wildman–Crippen MR) is 77.2 cm³/mol. The van der Waals surface area contributed by atoms with Gasteiger partial charge in [-0.15, -0.1) is 0 Å². The van der Waals surface area contributed by atoms with Gasteiger partial charge in [0.1, 0.15) is 0 Å². The molecule has 112 valence electrons. The molecule has 0 spiro atoms. The summed E-state index contributed by atoms with van der Waals surface area (Å²) < 4.78 is 4.90. The van der Waals surface area contributed by atoms with Gasteiger partial charge in [-0.05, 0) is 12.8 Å². The highest BCUT2D eigenvalue weighted by Crippen LogP contribution is 2.16. The number of hydrogen-bond acceptors (Lipinski definition) is 4. The molecule has 0 radical (unpaired) electrons. The van der Waals surface area contributed by atoms with Crippen molar-refractivity contribution in [2.24, 2.45) is 0 Å². The number of carbonyl (C=O) groups is 1. The quantitative estimate of drug-likeness (QED) is 0.426. The first kappa shape index (κ1) is 16.4. The monoisotopic (exact) mass is 271 g/mol. The van der Waals surface area contributed by atoms with Gasteiger partial charge in [0.15, 0.2) is 0 Å². The van der Waals surface area contributed by atoms with Crippen molar-refractivity contribution in [3.05, 3.63) is 0 Å². The normalized spacial score (nSPS) is 17.1. The summed E-state index contributed by atoms with van der Waals surface area (Å²) in [4.78, 5) is 11.5. The molecule has 1 amide bonds. The molecular weight excluding hydrogens is 242 g/mol. The number of hydrogen-bond donors (Lipinski definition) is 3. The Kier molecular flexibility index (Phi) is 9.67. The topological polar surface area (TPSA) is 62.4 Å². The minimum atomic E-state index is 0.0544. The van der Waals surface area contributed by atoms with Crippen molar-refractivity contribution >= 4 is 5.91 Å². The lowest BCUT2D eigenvalue weighted by molar-refractivity contribution is -0.120. The van der Waals surface area contributed by atoms with Gasteiger partial charge in [-0.1, -0.05) is 25.7 Å². The molecule has 5 heteroatoms. The van der Waals surface area contributed by atoms with Crippen LogP contribution in [0.15, 0.2) is 0 Å². The Labute approximate surface area is 116 Å². The van der Waals surface area contributed by atoms with Crippen LogP contribution in [0.2, 0.25) is 0 Å². The fourth-order valence-corrected chi connectivity index (χ4v) is 2.40. The van der Waals surface area contributed by atoms with E-state index in [0.717, 1.165) is 6.54 Å². The fraction of sp³-hybridized carbons (Fsp3) is 0.929. The summed E-state index contributed by atoms with van der Waals surface area (Å²) in [5.41, 5.74) is 0. The lowest BCUT2D eigenvalue weighted by Crippen LogP contribution is -2.40. The van der Waals surface area contributed by atoms with Gasteiger partial charge in [0, 0.05) is 32.8 Å². The highest BCUT2D eigenvalue weighted by molar-refractivity contribution is 5.77. The summed E-state index contributed by atoms with van der Waals surface area (Å²) in [7, 11) is 1.65. The van der Waals surface area contributed by atoms with Crippen molar-refractivity contribution in [3.8, 4) is 0 Å². The number of amides is 1. The van der Waals surface area contributed by atoms with Crippen molar-refractivity contribution in [1.82, 2.24) is 16.0 Å². The van der Waals surface area contributed by atoms with Gasteiger partial charge in [-0.2, -0.15) is 0 Å². The van der Waals surface area contributed by atoms with E-state index in [0.29, 0.717) is 32.3 Å². The van der Waals surface area contributed by atoms with E-state index in [1.54, 1.807) is 7.11 Å². The minimum absolute atomic E-state index is 0.0544. The Balaban J connectivity index is 1.92. The van der Waals surface area contributed by atoms with Crippen molar-refractivity contribution < 1.29 is 9.53 Å². The molecule has 1 fully saturated rings. The van der Waals surface area contributed by atoms with Gasteiger partial charge in [0.2, 0.25) is 5.91 Å². The predicted octanol–water partition coefficient (Wildman–Crippen LogP) is 0.651. The van der Waals surface area contributed by atoms with Crippen LogP contribution in [0.25, 0.3) is 0 Å². The largest absolute Gasteiger partial charge is 0.383 e. The van der Waals surface area contributed by atoms with Crippen LogP contribution in [0.1, 0.15) is 38.5 Å². The molecule has 1 aliphatic rings. The molecule has 0 bridgehead atoms. The molecule has 5 nitrogen and oxygen atoms in total. The fourth-order valence-electron chi connectivity index (χ4n) is 2.40. The lowest BCUT2D eigenvalue weighted by atomic mass is 10.1. The molecule has 0 saturated heterocycles. The zero-order chi connectivity index (χ0) is 13.8. The molecule has 0 aliphatic heterocycles. The van der Waals surface area contributed by atoms with Crippen LogP contribution in [-0.2, 0) is 9.53 Å². The highest BCUT2D eigenvalue weighted by Gasteiger charge is 2.10. The third-order valence-corrected chi connectivity index (χ3v) is 3.50. The first-order valence-corrected chi connectivity index (χ1v) is 7.52. The summed E-state index contributed by atoms with van der Waals surface area (Å²) in [5, 5.41) is 9.48. The molecule has 0 aromatic heterocycles. The summed E-state index contributed by atoms with van der Waals surface area (Å²) >= 11 is 0. The second-order valence-electron chi connectivity index (χ2n) is 5.16. The lowest BCUT2D eigenvalue weighted by Gasteiger charge is -2.16. The third-order valence-electron chi connectivity index (χ3n) is 3.50. The van der Waals surface area contributed by atoms with E-state index in [4.69, 9.17) is 4.74 Å². The molecule has 19 heavy (non-hydrogen) atoms. The standard InChI is InChI=1S/C14H29N3O2/c1-19-11-10-15-12-14(18)17-9-8-16-13-6-4-2-3-5-7-13/h13,15-16H,2-12H2,1H3,(H,17,18). The molecule has 1 rings (SSSR count). The van der Waals surface area contributed by atoms with Crippen molar-refractivity contribution in [2.45, 2.75) is 44.6 Å². The molecule has 0 unspecified atom stereocenters. The Morgan fingerprint density at radius 1 is 1.11 bits per heavy atom. The van der Waals surface area contributed by atoms with Crippen LogP contribution in [0.4, 0.5) is 0 Å². The first-order valence-electron chi connectivity index (χ1n) is 7.52. The van der Waals surface area contributed by atoms with E-state index >= 15 is 0 Å². The van der Waals surface area contributed by atoms with E-state index in [-0.39, 0.29) is 5.91 Å². The molecule has 3 N–H and O–H groups in total. The van der Waals surface area contributed by atoms with E-state index in [1.165, 1.54) is 38.5 Å². The number of carbonyl (C=O) groups excluding carboxylic acids is 1. The Hall–Kier alpha value is -0.650. The van der Waals surface area contributed by atoms with Crippen LogP contribution in [0, 0.1) is 0 Å². The van der Waals surface area contributed by atoms with Crippen LogP contribution >= 0.6 is 0 Å². The van der Waals surface area contributed by atoms with E-state index in [2.05, 4.69) is 16.0 Å². The second kappa shape index (κ2) is 11.2. The van der Waals surface area contributed by atoms with Gasteiger partial charge < -0.3 is 20.7 Å². The smallest absolute Gasteiger partial charge is 0.234 e. The first-order chi connectivity index (χ1) is 9.33. The van der Waals surface area contributed by atoms with Gasteiger partial charge in [-0.25, -0.2) is 0 Å². The van der Waals surface area contributed by atoms with Crippen molar-refractivity contribution in [1.29, 1.82) is 0 Å². The number of methoxy groups -OCH3 is 1. The summed E-state index contributed by atoms with van der Waals surface area (Å²) in [6.45, 7) is 3.29. The zero-order valence-electron chi connectivity index (χ0n) is 12.2. The van der Waals surface area contributed by atoms with Crippen LogP contribution < -0.4 is 16.0 Å². The van der Waals surface area contributed by atoms with E-state index < -0.39 is 0 Å². The zero-order valence-corrected chi connectivity index (χ0v) is 12.2. The molecule has 0 heterocycles. The Morgan fingerprint density at radius 3 is 2.53 bits per heavy atom. The maximum Gasteiger partial charge on any atom is 0.234 e. The molecule has 0 aromatic carbocycles. The highest BCUT2D eigenvalue weighted by atomic mass is 16.5. The molecule has 1 aliphatic carbocycles. The van der Waals surface area contributed by atoms with Crippen LogP contribution in [0.5, 0.6) is 0 Å².